The van der Waals surface area contributed by atoms with Crippen molar-refractivity contribution in [3.8, 4) is 0 Å². The maximum atomic E-state index is 11.8. The Morgan fingerprint density at radius 2 is 2.30 bits per heavy atom. The molecule has 5 nitrogen and oxygen atoms in total. The van der Waals surface area contributed by atoms with Gasteiger partial charge in [0.2, 0.25) is 0 Å². The van der Waals surface area contributed by atoms with E-state index in [1.807, 2.05) is 18.2 Å². The van der Waals surface area contributed by atoms with Crippen LogP contribution in [0.15, 0.2) is 34.0 Å². The van der Waals surface area contributed by atoms with E-state index in [1.54, 1.807) is 6.20 Å². The van der Waals surface area contributed by atoms with Crippen LogP contribution in [0, 0.1) is 0 Å². The second kappa shape index (κ2) is 6.81. The van der Waals surface area contributed by atoms with Gasteiger partial charge < -0.3 is 28.1 Å². The van der Waals surface area contributed by atoms with E-state index in [9.17, 15) is 4.79 Å². The number of aromatic nitrogens is 1. The van der Waals surface area contributed by atoms with E-state index in [0.717, 1.165) is 20.9 Å². The van der Waals surface area contributed by atoms with Crippen LogP contribution in [0.1, 0.15) is 5.56 Å². The molecule has 1 aromatic heterocycles. The van der Waals surface area contributed by atoms with Crippen LogP contribution < -0.4 is 5.32 Å². The van der Waals surface area contributed by atoms with Crippen LogP contribution >= 0.6 is 15.9 Å². The minimum absolute atomic E-state index is 0.0642. The van der Waals surface area contributed by atoms with E-state index in [1.165, 1.54) is 0 Å². The SMILES string of the molecule is O=C(NCC[S-])/C(Cc1c[nH]c2c(Br)cccc12)=N/O. The molecule has 0 radical (unpaired) electrons. The quantitative estimate of drug-likeness (QED) is 0.332. The third kappa shape index (κ3) is 3.16. The fourth-order valence-corrected chi connectivity index (χ4v) is 2.51. The standard InChI is InChI=1S/C13H14BrN3O2S/c14-10-3-1-2-9-8(7-16-12(9)10)6-11(17-19)13(18)15-4-5-20/h1-3,7,16,19-20H,4-6H2,(H,15,18)/p-1/b17-11+. The summed E-state index contributed by atoms with van der Waals surface area (Å²) in [5.74, 6) is 0.0199. The molecule has 1 amide bonds. The van der Waals surface area contributed by atoms with Gasteiger partial charge in [-0.2, -0.15) is 5.75 Å². The molecule has 0 fully saturated rings. The predicted octanol–water partition coefficient (Wildman–Crippen LogP) is 1.97. The van der Waals surface area contributed by atoms with Crippen molar-refractivity contribution < 1.29 is 10.0 Å². The number of amides is 1. The van der Waals surface area contributed by atoms with Crippen LogP contribution in [-0.2, 0) is 23.8 Å². The van der Waals surface area contributed by atoms with Gasteiger partial charge in [-0.15, -0.1) is 0 Å². The Labute approximate surface area is 130 Å². The molecule has 0 saturated heterocycles. The van der Waals surface area contributed by atoms with E-state index < -0.39 is 5.91 Å². The molecule has 0 unspecified atom stereocenters. The highest BCUT2D eigenvalue weighted by Gasteiger charge is 2.15. The van der Waals surface area contributed by atoms with Crippen LogP contribution in [0.25, 0.3) is 10.9 Å². The first kappa shape index (κ1) is 14.9. The highest BCUT2D eigenvalue weighted by Crippen LogP contribution is 2.25. The summed E-state index contributed by atoms with van der Waals surface area (Å²) in [4.78, 5) is 14.9. The van der Waals surface area contributed by atoms with E-state index in [2.05, 4.69) is 31.4 Å². The lowest BCUT2D eigenvalue weighted by molar-refractivity contribution is -0.114. The largest absolute Gasteiger partial charge is 0.791 e. The van der Waals surface area contributed by atoms with E-state index in [-0.39, 0.29) is 12.1 Å². The number of para-hydroxylation sites is 1. The number of carbonyl (C=O) groups is 1. The Kier molecular flexibility index (Phi) is 5.08. The van der Waals surface area contributed by atoms with Crippen LogP contribution in [-0.4, -0.2) is 34.1 Å². The van der Waals surface area contributed by atoms with Crippen LogP contribution in [0.3, 0.4) is 0 Å². The van der Waals surface area contributed by atoms with Crippen molar-refractivity contribution >= 4 is 51.1 Å². The average molecular weight is 355 g/mol. The van der Waals surface area contributed by atoms with Crippen molar-refractivity contribution in [1.29, 1.82) is 0 Å². The fraction of sp³-hybridized carbons (Fsp3) is 0.231. The number of nitrogens with one attached hydrogen (secondary N) is 2. The number of hydrogen-bond acceptors (Lipinski definition) is 4. The molecular formula is C13H13BrN3O2S-. The van der Waals surface area contributed by atoms with E-state index >= 15 is 0 Å². The van der Waals surface area contributed by atoms with Crippen LogP contribution in [0.2, 0.25) is 0 Å². The normalized spacial score (nSPS) is 11.8. The smallest absolute Gasteiger partial charge is 0.269 e. The summed E-state index contributed by atoms with van der Waals surface area (Å²) in [6.45, 7) is 0.382. The summed E-state index contributed by atoms with van der Waals surface area (Å²) in [5.41, 5.74) is 1.91. The number of halogens is 1. The number of H-pyrrole nitrogens is 1. The van der Waals surface area contributed by atoms with Gasteiger partial charge in [0.25, 0.3) is 5.91 Å². The van der Waals surface area contributed by atoms with Gasteiger partial charge in [0.15, 0.2) is 0 Å². The zero-order valence-electron chi connectivity index (χ0n) is 10.5. The van der Waals surface area contributed by atoms with Crippen molar-refractivity contribution in [3.05, 3.63) is 34.4 Å². The molecule has 1 aromatic carbocycles. The number of nitrogens with zero attached hydrogens (tertiary/aromatic N) is 1. The zero-order valence-corrected chi connectivity index (χ0v) is 12.9. The van der Waals surface area contributed by atoms with Crippen LogP contribution in [0.5, 0.6) is 0 Å². The molecule has 0 bridgehead atoms. The molecule has 2 rings (SSSR count). The first-order valence-electron chi connectivity index (χ1n) is 5.99. The van der Waals surface area contributed by atoms with Gasteiger partial charge in [0, 0.05) is 22.5 Å². The number of rotatable bonds is 5. The number of aromatic amines is 1. The molecule has 106 valence electrons. The Hall–Kier alpha value is -1.47. The summed E-state index contributed by atoms with van der Waals surface area (Å²) in [6.07, 6.45) is 2.05. The first-order valence-corrected chi connectivity index (χ1v) is 7.36. The van der Waals surface area contributed by atoms with Gasteiger partial charge in [0.05, 0.1) is 5.52 Å². The number of fused-ring (bicyclic) bond motifs is 1. The molecule has 1 heterocycles. The Morgan fingerprint density at radius 3 is 3.00 bits per heavy atom. The minimum Gasteiger partial charge on any atom is -0.791 e. The molecule has 20 heavy (non-hydrogen) atoms. The van der Waals surface area contributed by atoms with Gasteiger partial charge in [0.1, 0.15) is 5.71 Å². The second-order valence-corrected chi connectivity index (χ2v) is 5.42. The molecule has 0 aliphatic heterocycles. The summed E-state index contributed by atoms with van der Waals surface area (Å²) in [6, 6.07) is 5.79. The van der Waals surface area contributed by atoms with Gasteiger partial charge in [-0.25, -0.2) is 0 Å². The third-order valence-corrected chi connectivity index (χ3v) is 3.74. The van der Waals surface area contributed by atoms with Crippen molar-refractivity contribution in [2.75, 3.05) is 12.3 Å². The highest BCUT2D eigenvalue weighted by atomic mass is 79.9. The lowest BCUT2D eigenvalue weighted by Gasteiger charge is -2.07. The maximum absolute atomic E-state index is 11.8. The molecule has 0 aliphatic carbocycles. The number of carbonyl (C=O) groups excluding carboxylic acids is 1. The first-order chi connectivity index (χ1) is 9.67. The zero-order chi connectivity index (χ0) is 14.5. The number of hydrogen-bond donors (Lipinski definition) is 3. The topological polar surface area (TPSA) is 77.5 Å². The number of benzene rings is 1. The van der Waals surface area contributed by atoms with E-state index in [0.29, 0.717) is 12.3 Å². The number of oxime groups is 1. The van der Waals surface area contributed by atoms with Crippen molar-refractivity contribution in [3.63, 3.8) is 0 Å². The molecule has 3 N–H and O–H groups in total. The molecular weight excluding hydrogens is 342 g/mol. The molecule has 0 spiro atoms. The van der Waals surface area contributed by atoms with Crippen molar-refractivity contribution in [2.24, 2.45) is 5.16 Å². The predicted molar refractivity (Wildman–Crippen MR) is 84.2 cm³/mol. The summed E-state index contributed by atoms with van der Waals surface area (Å²) >= 11 is 8.21. The third-order valence-electron chi connectivity index (χ3n) is 2.88. The van der Waals surface area contributed by atoms with Crippen molar-refractivity contribution in [2.45, 2.75) is 6.42 Å². The second-order valence-electron chi connectivity index (χ2n) is 4.16. The summed E-state index contributed by atoms with van der Waals surface area (Å²) < 4.78 is 0.944. The molecule has 0 atom stereocenters. The molecule has 0 aliphatic rings. The van der Waals surface area contributed by atoms with Gasteiger partial charge in [-0.1, -0.05) is 17.3 Å². The summed E-state index contributed by atoms with van der Waals surface area (Å²) in [5, 5.41) is 15.7. The molecule has 2 aromatic rings. The van der Waals surface area contributed by atoms with Crippen LogP contribution in [0.4, 0.5) is 0 Å². The lowest BCUT2D eigenvalue weighted by atomic mass is 10.1. The van der Waals surface area contributed by atoms with E-state index in [4.69, 9.17) is 17.8 Å². The Morgan fingerprint density at radius 1 is 1.50 bits per heavy atom. The molecule has 0 saturated carbocycles. The average Bonchev–Trinajstić information content (AvgIpc) is 2.86. The minimum atomic E-state index is -0.401. The maximum Gasteiger partial charge on any atom is 0.269 e. The summed E-state index contributed by atoms with van der Waals surface area (Å²) in [7, 11) is 0. The fourth-order valence-electron chi connectivity index (χ4n) is 1.93. The van der Waals surface area contributed by atoms with Crippen molar-refractivity contribution in [1.82, 2.24) is 10.3 Å². The molecule has 7 heteroatoms. The van der Waals surface area contributed by atoms with Gasteiger partial charge >= 0.3 is 0 Å². The van der Waals surface area contributed by atoms with Gasteiger partial charge in [-0.3, -0.25) is 4.79 Å². The Balaban J connectivity index is 2.22. The highest BCUT2D eigenvalue weighted by molar-refractivity contribution is 9.10. The Bertz CT molecular complexity index is 654. The lowest BCUT2D eigenvalue weighted by Crippen LogP contribution is -2.33. The monoisotopic (exact) mass is 354 g/mol. The van der Waals surface area contributed by atoms with Gasteiger partial charge in [-0.05, 0) is 34.1 Å².